The van der Waals surface area contributed by atoms with Crippen molar-refractivity contribution in [1.29, 1.82) is 0 Å². The zero-order valence-corrected chi connectivity index (χ0v) is 13.8. The molecule has 5 heteroatoms. The number of nitrogens with one attached hydrogen (secondary N) is 1. The third-order valence-electron chi connectivity index (χ3n) is 4.04. The largest absolute Gasteiger partial charge is 0.303 e. The van der Waals surface area contributed by atoms with Gasteiger partial charge in [-0.3, -0.25) is 0 Å². The molecule has 0 atom stereocenters. The Kier molecular flexibility index (Phi) is 5.79. The second-order valence-electron chi connectivity index (χ2n) is 5.91. The lowest BCUT2D eigenvalue weighted by molar-refractivity contribution is 0.205. The molecule has 1 N–H and O–H groups in total. The Balaban J connectivity index is 1.90. The standard InChI is InChI=1S/C16H26N2O2S/c1-3-4-10-18-11-8-15(9-12-18)17-21(19,20)16-7-5-6-14(2)13-16/h5-7,13,15,17H,3-4,8-12H2,1-2H3. The van der Waals surface area contributed by atoms with Gasteiger partial charge in [-0.2, -0.15) is 0 Å². The molecule has 0 radical (unpaired) electrons. The molecule has 0 saturated carbocycles. The zero-order chi connectivity index (χ0) is 15.3. The van der Waals surface area contributed by atoms with Gasteiger partial charge in [-0.15, -0.1) is 0 Å². The lowest BCUT2D eigenvalue weighted by atomic mass is 10.1. The second-order valence-corrected chi connectivity index (χ2v) is 7.62. The highest BCUT2D eigenvalue weighted by atomic mass is 32.2. The van der Waals surface area contributed by atoms with Crippen molar-refractivity contribution in [3.63, 3.8) is 0 Å². The molecule has 4 nitrogen and oxygen atoms in total. The van der Waals surface area contributed by atoms with E-state index in [9.17, 15) is 8.42 Å². The van der Waals surface area contributed by atoms with Gasteiger partial charge in [0.2, 0.25) is 10.0 Å². The van der Waals surface area contributed by atoms with Crippen molar-refractivity contribution in [2.24, 2.45) is 0 Å². The molecule has 0 aromatic heterocycles. The van der Waals surface area contributed by atoms with Crippen LogP contribution in [0.25, 0.3) is 0 Å². The van der Waals surface area contributed by atoms with Gasteiger partial charge >= 0.3 is 0 Å². The molecule has 1 aromatic carbocycles. The molecule has 0 bridgehead atoms. The van der Waals surface area contributed by atoms with E-state index in [4.69, 9.17) is 0 Å². The van der Waals surface area contributed by atoms with Crippen molar-refractivity contribution in [3.8, 4) is 0 Å². The Morgan fingerprint density at radius 2 is 2.00 bits per heavy atom. The number of unbranched alkanes of at least 4 members (excludes halogenated alkanes) is 1. The summed E-state index contributed by atoms with van der Waals surface area (Å²) < 4.78 is 27.6. The van der Waals surface area contributed by atoms with Crippen molar-refractivity contribution in [2.45, 2.75) is 50.5 Å². The van der Waals surface area contributed by atoms with E-state index in [1.165, 1.54) is 12.8 Å². The van der Waals surface area contributed by atoms with Crippen molar-refractivity contribution >= 4 is 10.0 Å². The monoisotopic (exact) mass is 310 g/mol. The summed E-state index contributed by atoms with van der Waals surface area (Å²) in [5.74, 6) is 0. The summed E-state index contributed by atoms with van der Waals surface area (Å²) in [5.41, 5.74) is 0.965. The minimum Gasteiger partial charge on any atom is -0.303 e. The summed E-state index contributed by atoms with van der Waals surface area (Å²) >= 11 is 0. The van der Waals surface area contributed by atoms with Gasteiger partial charge in [-0.25, -0.2) is 13.1 Å². The number of likely N-dealkylation sites (tertiary alicyclic amines) is 1. The lowest BCUT2D eigenvalue weighted by Crippen LogP contribution is -2.44. The molecule has 0 amide bonds. The van der Waals surface area contributed by atoms with E-state index in [-0.39, 0.29) is 6.04 Å². The fourth-order valence-electron chi connectivity index (χ4n) is 2.73. The highest BCUT2D eigenvalue weighted by Crippen LogP contribution is 2.16. The number of nitrogens with zero attached hydrogens (tertiary/aromatic N) is 1. The smallest absolute Gasteiger partial charge is 0.240 e. The van der Waals surface area contributed by atoms with Crippen molar-refractivity contribution in [3.05, 3.63) is 29.8 Å². The molecule has 1 aliphatic rings. The van der Waals surface area contributed by atoms with Crippen LogP contribution in [-0.4, -0.2) is 39.0 Å². The summed E-state index contributed by atoms with van der Waals surface area (Å²) in [6.45, 7) is 7.21. The molecule has 0 spiro atoms. The summed E-state index contributed by atoms with van der Waals surface area (Å²) in [7, 11) is -3.39. The predicted octanol–water partition coefficient (Wildman–Crippen LogP) is 2.54. The van der Waals surface area contributed by atoms with Crippen LogP contribution in [0.15, 0.2) is 29.2 Å². The predicted molar refractivity (Wildman–Crippen MR) is 85.9 cm³/mol. The molecule has 0 unspecified atom stereocenters. The van der Waals surface area contributed by atoms with Crippen molar-refractivity contribution in [2.75, 3.05) is 19.6 Å². The fourth-order valence-corrected chi connectivity index (χ4v) is 4.14. The molecule has 1 heterocycles. The van der Waals surface area contributed by atoms with E-state index in [0.717, 1.165) is 38.0 Å². The molecule has 1 saturated heterocycles. The molecule has 2 rings (SSSR count). The number of sulfonamides is 1. The average Bonchev–Trinajstić information content (AvgIpc) is 2.46. The Bertz CT molecular complexity index is 549. The number of benzene rings is 1. The van der Waals surface area contributed by atoms with Gasteiger partial charge in [0, 0.05) is 6.04 Å². The van der Waals surface area contributed by atoms with Gasteiger partial charge in [0.25, 0.3) is 0 Å². The van der Waals surface area contributed by atoms with Crippen LogP contribution in [0.4, 0.5) is 0 Å². The SMILES string of the molecule is CCCCN1CCC(NS(=O)(=O)c2cccc(C)c2)CC1. The molecule has 1 aromatic rings. The van der Waals surface area contributed by atoms with Crippen LogP contribution in [0.3, 0.4) is 0 Å². The van der Waals surface area contributed by atoms with Crippen molar-refractivity contribution < 1.29 is 8.42 Å². The molecule has 1 fully saturated rings. The average molecular weight is 310 g/mol. The van der Waals surface area contributed by atoms with E-state index in [0.29, 0.717) is 4.90 Å². The topological polar surface area (TPSA) is 49.4 Å². The lowest BCUT2D eigenvalue weighted by Gasteiger charge is -2.32. The third kappa shape index (κ3) is 4.80. The van der Waals surface area contributed by atoms with Gasteiger partial charge in [0.15, 0.2) is 0 Å². The van der Waals surface area contributed by atoms with Gasteiger partial charge in [-0.1, -0.05) is 25.5 Å². The van der Waals surface area contributed by atoms with Gasteiger partial charge in [0.05, 0.1) is 4.90 Å². The Hall–Kier alpha value is -0.910. The van der Waals surface area contributed by atoms with Crippen LogP contribution in [0.5, 0.6) is 0 Å². The minimum atomic E-state index is -3.39. The first-order valence-corrected chi connectivity index (χ1v) is 9.31. The number of hydrogen-bond donors (Lipinski definition) is 1. The van der Waals surface area contributed by atoms with Crippen molar-refractivity contribution in [1.82, 2.24) is 9.62 Å². The fraction of sp³-hybridized carbons (Fsp3) is 0.625. The van der Waals surface area contributed by atoms with Gasteiger partial charge in [0.1, 0.15) is 0 Å². The Morgan fingerprint density at radius 1 is 1.29 bits per heavy atom. The molecule has 0 aliphatic carbocycles. The number of aryl methyl sites for hydroxylation is 1. The van der Waals surface area contributed by atoms with Crippen LogP contribution in [0.2, 0.25) is 0 Å². The molecule has 118 valence electrons. The molecular weight excluding hydrogens is 284 g/mol. The van der Waals surface area contributed by atoms with E-state index in [1.807, 2.05) is 13.0 Å². The summed E-state index contributed by atoms with van der Waals surface area (Å²) in [4.78, 5) is 2.80. The Morgan fingerprint density at radius 3 is 2.62 bits per heavy atom. The first-order valence-electron chi connectivity index (χ1n) is 7.82. The second kappa shape index (κ2) is 7.38. The highest BCUT2D eigenvalue weighted by Gasteiger charge is 2.24. The first-order chi connectivity index (χ1) is 10.0. The summed E-state index contributed by atoms with van der Waals surface area (Å²) in [6, 6.07) is 7.14. The maximum absolute atomic E-state index is 12.4. The summed E-state index contributed by atoms with van der Waals surface area (Å²) in [6.07, 6.45) is 4.23. The van der Waals surface area contributed by atoms with E-state index in [1.54, 1.807) is 18.2 Å². The number of rotatable bonds is 6. The van der Waals surface area contributed by atoms with Crippen LogP contribution in [-0.2, 0) is 10.0 Å². The molecule has 21 heavy (non-hydrogen) atoms. The first kappa shape index (κ1) is 16.5. The number of hydrogen-bond acceptors (Lipinski definition) is 3. The maximum atomic E-state index is 12.4. The van der Waals surface area contributed by atoms with Gasteiger partial charge in [-0.05, 0) is 63.5 Å². The Labute approximate surface area is 128 Å². The van der Waals surface area contributed by atoms with Crippen LogP contribution in [0, 0.1) is 6.92 Å². The van der Waals surface area contributed by atoms with Gasteiger partial charge < -0.3 is 4.90 Å². The van der Waals surface area contributed by atoms with Crippen LogP contribution in [0.1, 0.15) is 38.2 Å². The third-order valence-corrected chi connectivity index (χ3v) is 5.56. The quantitative estimate of drug-likeness (QED) is 0.878. The highest BCUT2D eigenvalue weighted by molar-refractivity contribution is 7.89. The normalized spacial score (nSPS) is 18.0. The molecular formula is C16H26N2O2S. The van der Waals surface area contributed by atoms with E-state index >= 15 is 0 Å². The number of piperidine rings is 1. The molecule has 1 aliphatic heterocycles. The van der Waals surface area contributed by atoms with Crippen LogP contribution >= 0.6 is 0 Å². The van der Waals surface area contributed by atoms with E-state index in [2.05, 4.69) is 16.5 Å². The zero-order valence-electron chi connectivity index (χ0n) is 13.0. The maximum Gasteiger partial charge on any atom is 0.240 e. The van der Waals surface area contributed by atoms with E-state index < -0.39 is 10.0 Å². The summed E-state index contributed by atoms with van der Waals surface area (Å²) in [5, 5.41) is 0. The minimum absolute atomic E-state index is 0.0633. The van der Waals surface area contributed by atoms with Crippen LogP contribution < -0.4 is 4.72 Å².